The number of nitrogens with zero attached hydrogens (tertiary/aromatic N) is 3. The number of amides is 5. The minimum Gasteiger partial charge on any atom is -0.490 e. The van der Waals surface area contributed by atoms with Crippen molar-refractivity contribution in [3.63, 3.8) is 0 Å². The van der Waals surface area contributed by atoms with Gasteiger partial charge in [-0.2, -0.15) is 0 Å². The van der Waals surface area contributed by atoms with Gasteiger partial charge >= 0.3 is 12.1 Å². The van der Waals surface area contributed by atoms with Crippen molar-refractivity contribution in [1.82, 2.24) is 15.0 Å². The summed E-state index contributed by atoms with van der Waals surface area (Å²) in [5.74, 6) is 1.38. The number of carbonyl (C=O) groups excluding carboxylic acids is 3. The summed E-state index contributed by atoms with van der Waals surface area (Å²) in [5.41, 5.74) is 2.16. The Balaban J connectivity index is 1.35. The molecule has 1 aromatic heterocycles. The number of anilines is 3. The molecule has 4 N–H and O–H groups in total. The second-order valence-electron chi connectivity index (χ2n) is 13.2. The van der Waals surface area contributed by atoms with E-state index >= 15 is 0 Å². The quantitative estimate of drug-likeness (QED) is 0.241. The smallest absolute Gasteiger partial charge is 0.323 e. The van der Waals surface area contributed by atoms with E-state index in [-0.39, 0.29) is 56.0 Å². The maximum atomic E-state index is 14.4. The molecule has 0 aliphatic carbocycles. The van der Waals surface area contributed by atoms with Crippen molar-refractivity contribution in [2.45, 2.75) is 72.1 Å². The van der Waals surface area contributed by atoms with Crippen molar-refractivity contribution < 1.29 is 43.0 Å². The fraction of sp³-hybridized carbons (Fsp3) is 0.500. The molecule has 0 spiro atoms. The Bertz CT molecular complexity index is 1680. The molecule has 0 saturated carbocycles. The fourth-order valence-electron chi connectivity index (χ4n) is 5.95. The van der Waals surface area contributed by atoms with Crippen LogP contribution in [-0.4, -0.2) is 96.4 Å². The van der Waals surface area contributed by atoms with Crippen LogP contribution < -0.4 is 30.2 Å². The highest BCUT2D eigenvalue weighted by Gasteiger charge is 2.31. The zero-order chi connectivity index (χ0) is 36.7. The van der Waals surface area contributed by atoms with E-state index in [1.165, 1.54) is 0 Å². The number of aliphatic hydroxyl groups is 1. The lowest BCUT2D eigenvalue weighted by Gasteiger charge is -2.35. The third-order valence-corrected chi connectivity index (χ3v) is 9.01. The molecule has 2 aromatic carbocycles. The Labute approximate surface area is 297 Å². The molecular formula is C36H48N6O9. The fourth-order valence-corrected chi connectivity index (χ4v) is 5.95. The third kappa shape index (κ3) is 9.41. The molecule has 51 heavy (non-hydrogen) atoms. The van der Waals surface area contributed by atoms with Gasteiger partial charge in [0.2, 0.25) is 6.79 Å². The minimum absolute atomic E-state index is 0.134. The lowest BCUT2D eigenvalue weighted by atomic mass is 10.0. The van der Waals surface area contributed by atoms with Gasteiger partial charge in [-0.25, -0.2) is 9.59 Å². The summed E-state index contributed by atoms with van der Waals surface area (Å²) in [5, 5.41) is 22.6. The number of aromatic nitrogens is 1. The van der Waals surface area contributed by atoms with E-state index in [4.69, 9.17) is 23.5 Å². The Morgan fingerprint density at radius 2 is 1.75 bits per heavy atom. The van der Waals surface area contributed by atoms with Crippen LogP contribution in [0.5, 0.6) is 17.2 Å². The number of aryl methyl sites for hydroxylation is 2. The van der Waals surface area contributed by atoms with Gasteiger partial charge < -0.3 is 54.3 Å². The summed E-state index contributed by atoms with van der Waals surface area (Å²) < 4.78 is 28.6. The average Bonchev–Trinajstić information content (AvgIpc) is 3.70. The van der Waals surface area contributed by atoms with E-state index in [1.54, 1.807) is 74.0 Å². The Hall–Kier alpha value is -5.02. The molecule has 15 heteroatoms. The number of aliphatic hydroxyl groups excluding tert-OH is 1. The van der Waals surface area contributed by atoms with Gasteiger partial charge in [0.15, 0.2) is 17.3 Å². The minimum atomic E-state index is -0.565. The van der Waals surface area contributed by atoms with Crippen molar-refractivity contribution >= 4 is 35.0 Å². The molecular weight excluding hydrogens is 660 g/mol. The molecule has 2 aliphatic rings. The van der Waals surface area contributed by atoms with Crippen LogP contribution in [0.15, 0.2) is 40.9 Å². The first kappa shape index (κ1) is 37.2. The van der Waals surface area contributed by atoms with Gasteiger partial charge in [0.05, 0.1) is 30.4 Å². The molecule has 2 aliphatic heterocycles. The van der Waals surface area contributed by atoms with Crippen molar-refractivity contribution in [2.75, 3.05) is 56.1 Å². The monoisotopic (exact) mass is 708 g/mol. The Morgan fingerprint density at radius 1 is 1.02 bits per heavy atom. The highest BCUT2D eigenvalue weighted by molar-refractivity contribution is 6.03. The predicted molar refractivity (Wildman–Crippen MR) is 190 cm³/mol. The van der Waals surface area contributed by atoms with Crippen molar-refractivity contribution in [1.29, 1.82) is 0 Å². The highest BCUT2D eigenvalue weighted by atomic mass is 16.7. The van der Waals surface area contributed by atoms with Crippen LogP contribution in [0.2, 0.25) is 0 Å². The van der Waals surface area contributed by atoms with Gasteiger partial charge in [0.1, 0.15) is 17.1 Å². The molecule has 3 heterocycles. The first-order chi connectivity index (χ1) is 24.4. The van der Waals surface area contributed by atoms with Crippen LogP contribution in [0.4, 0.5) is 26.7 Å². The van der Waals surface area contributed by atoms with Crippen LogP contribution in [0.1, 0.15) is 61.8 Å². The van der Waals surface area contributed by atoms with Crippen LogP contribution in [0, 0.1) is 19.8 Å². The van der Waals surface area contributed by atoms with E-state index in [1.807, 2.05) is 13.8 Å². The summed E-state index contributed by atoms with van der Waals surface area (Å²) in [4.78, 5) is 43.7. The number of nitrogens with one attached hydrogen (secondary N) is 3. The second-order valence-corrected chi connectivity index (χ2v) is 13.2. The molecule has 276 valence electrons. The van der Waals surface area contributed by atoms with E-state index in [2.05, 4.69) is 21.1 Å². The topological polar surface area (TPSA) is 177 Å². The lowest BCUT2D eigenvalue weighted by Crippen LogP contribution is -2.48. The third-order valence-electron chi connectivity index (χ3n) is 9.01. The lowest BCUT2D eigenvalue weighted by molar-refractivity contribution is -0.0115. The summed E-state index contributed by atoms with van der Waals surface area (Å²) in [6.45, 7) is 9.84. The normalized spacial score (nSPS) is 20.0. The van der Waals surface area contributed by atoms with Gasteiger partial charge in [-0.15, -0.1) is 0 Å². The van der Waals surface area contributed by atoms with Gasteiger partial charge in [0.25, 0.3) is 5.91 Å². The molecule has 0 radical (unpaired) electrons. The van der Waals surface area contributed by atoms with E-state index in [0.29, 0.717) is 58.8 Å². The molecule has 0 fully saturated rings. The average molecular weight is 709 g/mol. The van der Waals surface area contributed by atoms with Crippen molar-refractivity contribution in [3.8, 4) is 17.2 Å². The molecule has 4 atom stereocenters. The number of fused-ring (bicyclic) bond motifs is 2. The molecule has 0 unspecified atom stereocenters. The zero-order valence-corrected chi connectivity index (χ0v) is 30.0. The number of benzene rings is 2. The van der Waals surface area contributed by atoms with E-state index < -0.39 is 18.2 Å². The van der Waals surface area contributed by atoms with E-state index in [0.717, 1.165) is 12.8 Å². The molecule has 5 rings (SSSR count). The summed E-state index contributed by atoms with van der Waals surface area (Å²) in [6.07, 6.45) is 1.66. The molecule has 3 aromatic rings. The van der Waals surface area contributed by atoms with Gasteiger partial charge in [-0.3, -0.25) is 4.79 Å². The molecule has 5 amide bonds. The molecule has 15 nitrogen and oxygen atoms in total. The number of hydrogen-bond donors (Lipinski definition) is 4. The van der Waals surface area contributed by atoms with Crippen molar-refractivity contribution in [3.05, 3.63) is 53.4 Å². The molecule has 0 bridgehead atoms. The molecule has 0 saturated heterocycles. The zero-order valence-electron chi connectivity index (χ0n) is 30.0. The number of urea groups is 2. The second kappa shape index (κ2) is 16.8. The van der Waals surface area contributed by atoms with Crippen LogP contribution >= 0.6 is 0 Å². The Morgan fingerprint density at radius 3 is 2.47 bits per heavy atom. The van der Waals surface area contributed by atoms with E-state index in [9.17, 15) is 19.5 Å². The first-order valence-electron chi connectivity index (χ1n) is 17.2. The maximum Gasteiger partial charge on any atom is 0.323 e. The largest absolute Gasteiger partial charge is 0.490 e. The van der Waals surface area contributed by atoms with Gasteiger partial charge in [-0.1, -0.05) is 12.1 Å². The number of ether oxygens (including phenoxy) is 4. The SMILES string of the molecule is Cc1noc(C)c1NC(=O)Nc1ccc2c(c1)C(=O)N([C@@H](C)CO)C[C@H](C)[C@H](CN(C)C(=O)Nc1ccc3c(c1)OCO3)OCCCC[C@H](C)O2. The summed E-state index contributed by atoms with van der Waals surface area (Å²) in [7, 11) is 1.69. The summed E-state index contributed by atoms with van der Waals surface area (Å²) in [6, 6.07) is 8.69. The van der Waals surface area contributed by atoms with Gasteiger partial charge in [-0.05, 0) is 77.3 Å². The predicted octanol–water partition coefficient (Wildman–Crippen LogP) is 5.62. The van der Waals surface area contributed by atoms with Crippen molar-refractivity contribution in [2.24, 2.45) is 5.92 Å². The first-order valence-corrected chi connectivity index (χ1v) is 17.2. The number of rotatable bonds is 7. The van der Waals surface area contributed by atoms with Crippen LogP contribution in [0.25, 0.3) is 0 Å². The van der Waals surface area contributed by atoms with Crippen LogP contribution in [-0.2, 0) is 4.74 Å². The maximum absolute atomic E-state index is 14.4. The highest BCUT2D eigenvalue weighted by Crippen LogP contribution is 2.34. The number of likely N-dealkylation sites (N-methyl/N-ethyl adjacent to an activating group) is 1. The van der Waals surface area contributed by atoms with Crippen LogP contribution in [0.3, 0.4) is 0 Å². The number of hydrogen-bond acceptors (Lipinski definition) is 10. The van der Waals surface area contributed by atoms with Gasteiger partial charge in [0, 0.05) is 50.1 Å². The number of carbonyl (C=O) groups is 3. The Kier molecular flexibility index (Phi) is 12.3. The summed E-state index contributed by atoms with van der Waals surface area (Å²) >= 11 is 0. The standard InChI is InChI=1S/C36H48N6O9/c1-21-17-42(22(2)19-43)34(44)28-15-26(37-35(45)39-33-24(4)40-51-25(33)5)10-12-29(28)50-23(3)9-7-8-14-47-32(21)18-41(6)36(46)38-27-11-13-30-31(16-27)49-20-48-30/h10-13,15-16,21-23,32,43H,7-9,14,17-20H2,1-6H3,(H,38,46)(H2,37,39,45)/t21-,22-,23-,32-/m0/s1.